The van der Waals surface area contributed by atoms with E-state index in [-0.39, 0.29) is 0 Å². The molecule has 3 N–H and O–H groups in total. The van der Waals surface area contributed by atoms with Crippen molar-refractivity contribution in [2.45, 2.75) is 32.1 Å². The third kappa shape index (κ3) is 3.02. The lowest BCUT2D eigenvalue weighted by atomic mass is 9.99. The largest absolute Gasteiger partial charge is 0.388 e. The van der Waals surface area contributed by atoms with E-state index in [0.29, 0.717) is 0 Å². The summed E-state index contributed by atoms with van der Waals surface area (Å²) in [5, 5.41) is 7.64. The highest BCUT2D eigenvalue weighted by Gasteiger charge is 2.05. The highest BCUT2D eigenvalue weighted by Crippen LogP contribution is 2.13. The van der Waals surface area contributed by atoms with Crippen LogP contribution in [0.2, 0.25) is 0 Å². The van der Waals surface area contributed by atoms with Gasteiger partial charge >= 0.3 is 0 Å². The lowest BCUT2D eigenvalue weighted by molar-refractivity contribution is 0.653. The molecule has 4 heteroatoms. The third-order valence-electron chi connectivity index (χ3n) is 1.77. The minimum absolute atomic E-state index is 1.10. The van der Waals surface area contributed by atoms with E-state index in [9.17, 15) is 0 Å². The van der Waals surface area contributed by atoms with Crippen LogP contribution in [-0.2, 0) is 0 Å². The first kappa shape index (κ1) is 8.04. The van der Waals surface area contributed by atoms with Gasteiger partial charge in [-0.25, -0.2) is 0 Å². The molecule has 1 rings (SSSR count). The van der Waals surface area contributed by atoms with Crippen LogP contribution in [0.25, 0.3) is 0 Å². The van der Waals surface area contributed by atoms with Crippen molar-refractivity contribution in [1.82, 2.24) is 5.53 Å². The molecule has 0 aliphatic heterocycles. The van der Waals surface area contributed by atoms with Crippen LogP contribution in [-0.4, -0.2) is 12.1 Å². The van der Waals surface area contributed by atoms with Gasteiger partial charge in [0.15, 0.2) is 0 Å². The van der Waals surface area contributed by atoms with Gasteiger partial charge in [0.25, 0.3) is 0 Å². The van der Waals surface area contributed by atoms with Gasteiger partial charge in [-0.1, -0.05) is 6.42 Å². The van der Waals surface area contributed by atoms with E-state index in [0.717, 1.165) is 12.8 Å². The Bertz CT molecular complexity index is 154. The number of nitrogens with one attached hydrogen (secondary N) is 1. The van der Waals surface area contributed by atoms with E-state index in [2.05, 4.69) is 15.7 Å². The molecule has 0 aromatic rings. The number of hydrogen-bond acceptors (Lipinski definition) is 3. The second-order valence-corrected chi connectivity index (χ2v) is 2.62. The van der Waals surface area contributed by atoms with Gasteiger partial charge in [-0.05, 0) is 25.7 Å². The number of hydrazone groups is 2. The molecule has 0 radical (unpaired) electrons. The van der Waals surface area contributed by atoms with E-state index in [4.69, 9.17) is 5.73 Å². The standard InChI is InChI=1S/C7H14N4/c8-6-9-11-10-7-4-2-1-3-5-7/h6,11H,1-5H2,(H2,8,9). The molecular weight excluding hydrogens is 140 g/mol. The lowest BCUT2D eigenvalue weighted by Crippen LogP contribution is -2.09. The number of hydrogen-bond donors (Lipinski definition) is 2. The molecule has 0 saturated heterocycles. The Morgan fingerprint density at radius 1 is 1.27 bits per heavy atom. The molecule has 0 spiro atoms. The van der Waals surface area contributed by atoms with Gasteiger partial charge in [0.05, 0.1) is 0 Å². The van der Waals surface area contributed by atoms with E-state index in [1.165, 1.54) is 31.3 Å². The van der Waals surface area contributed by atoms with Gasteiger partial charge < -0.3 is 5.73 Å². The van der Waals surface area contributed by atoms with Crippen molar-refractivity contribution in [2.24, 2.45) is 15.9 Å². The molecule has 1 aliphatic rings. The molecule has 1 fully saturated rings. The quantitative estimate of drug-likeness (QED) is 0.351. The van der Waals surface area contributed by atoms with Crippen LogP contribution in [0.5, 0.6) is 0 Å². The number of nitrogens with two attached hydrogens (primary N) is 1. The predicted molar refractivity (Wildman–Crippen MR) is 46.3 cm³/mol. The summed E-state index contributed by atoms with van der Waals surface area (Å²) in [6, 6.07) is 0. The average molecular weight is 154 g/mol. The first-order valence-electron chi connectivity index (χ1n) is 3.97. The summed E-state index contributed by atoms with van der Waals surface area (Å²) in [5.41, 5.74) is 8.77. The Hall–Kier alpha value is -1.06. The summed E-state index contributed by atoms with van der Waals surface area (Å²) in [7, 11) is 0. The topological polar surface area (TPSA) is 62.8 Å². The van der Waals surface area contributed by atoms with Gasteiger partial charge in [0.1, 0.15) is 6.34 Å². The maximum Gasteiger partial charge on any atom is 0.108 e. The molecule has 4 nitrogen and oxygen atoms in total. The van der Waals surface area contributed by atoms with Crippen molar-refractivity contribution in [3.8, 4) is 0 Å². The Morgan fingerprint density at radius 2 is 2.00 bits per heavy atom. The van der Waals surface area contributed by atoms with Crippen molar-refractivity contribution in [3.05, 3.63) is 0 Å². The van der Waals surface area contributed by atoms with Gasteiger partial charge in [-0.2, -0.15) is 10.6 Å². The fourth-order valence-electron chi connectivity index (χ4n) is 1.20. The maximum absolute atomic E-state index is 5.02. The Balaban J connectivity index is 2.26. The number of nitrogens with zero attached hydrogens (tertiary/aromatic N) is 2. The number of rotatable bonds is 2. The van der Waals surface area contributed by atoms with E-state index >= 15 is 0 Å². The predicted octanol–water partition coefficient (Wildman–Crippen LogP) is 0.798. The monoisotopic (exact) mass is 154 g/mol. The first-order chi connectivity index (χ1) is 5.43. The first-order valence-corrected chi connectivity index (χ1v) is 3.97. The summed E-state index contributed by atoms with van der Waals surface area (Å²) in [4.78, 5) is 0. The van der Waals surface area contributed by atoms with Crippen LogP contribution < -0.4 is 11.3 Å². The van der Waals surface area contributed by atoms with Crippen molar-refractivity contribution in [3.63, 3.8) is 0 Å². The highest BCUT2D eigenvalue weighted by molar-refractivity contribution is 5.84. The van der Waals surface area contributed by atoms with Gasteiger partial charge in [0, 0.05) is 5.71 Å². The summed E-state index contributed by atoms with van der Waals surface area (Å²) in [6.07, 6.45) is 7.26. The highest BCUT2D eigenvalue weighted by atomic mass is 15.5. The molecule has 0 aromatic carbocycles. The van der Waals surface area contributed by atoms with Crippen molar-refractivity contribution in [1.29, 1.82) is 0 Å². The lowest BCUT2D eigenvalue weighted by Gasteiger charge is -2.10. The summed E-state index contributed by atoms with van der Waals surface area (Å²) >= 11 is 0. The molecule has 0 heterocycles. The molecule has 0 atom stereocenters. The Labute approximate surface area is 66.5 Å². The van der Waals surface area contributed by atoms with Crippen molar-refractivity contribution < 1.29 is 0 Å². The second-order valence-electron chi connectivity index (χ2n) is 2.62. The van der Waals surface area contributed by atoms with Gasteiger partial charge in [0.2, 0.25) is 0 Å². The molecular formula is C7H14N4. The van der Waals surface area contributed by atoms with Gasteiger partial charge in [-0.15, -0.1) is 5.10 Å². The SMILES string of the molecule is N/C=N\NN=C1CCCCC1. The molecule has 0 bridgehead atoms. The molecule has 11 heavy (non-hydrogen) atoms. The normalized spacial score (nSPS) is 18.7. The molecule has 62 valence electrons. The van der Waals surface area contributed by atoms with E-state index in [1.807, 2.05) is 0 Å². The van der Waals surface area contributed by atoms with Gasteiger partial charge in [-0.3, -0.25) is 0 Å². The van der Waals surface area contributed by atoms with Crippen LogP contribution in [0.3, 0.4) is 0 Å². The molecule has 0 amide bonds. The fourth-order valence-corrected chi connectivity index (χ4v) is 1.20. The third-order valence-corrected chi connectivity index (χ3v) is 1.77. The Kier molecular flexibility index (Phi) is 3.44. The maximum atomic E-state index is 5.02. The molecule has 0 unspecified atom stereocenters. The summed E-state index contributed by atoms with van der Waals surface area (Å²) < 4.78 is 0. The van der Waals surface area contributed by atoms with Crippen LogP contribution in [0.1, 0.15) is 32.1 Å². The van der Waals surface area contributed by atoms with Crippen LogP contribution in [0.15, 0.2) is 10.2 Å². The molecule has 1 saturated carbocycles. The smallest absolute Gasteiger partial charge is 0.108 e. The summed E-state index contributed by atoms with van der Waals surface area (Å²) in [5.74, 6) is 0. The van der Waals surface area contributed by atoms with Crippen molar-refractivity contribution >= 4 is 12.1 Å². The summed E-state index contributed by atoms with van der Waals surface area (Å²) in [6.45, 7) is 0. The molecule has 1 aliphatic carbocycles. The second kappa shape index (κ2) is 4.71. The van der Waals surface area contributed by atoms with Crippen molar-refractivity contribution in [2.75, 3.05) is 0 Å². The average Bonchev–Trinajstić information content (AvgIpc) is 2.07. The zero-order valence-electron chi connectivity index (χ0n) is 6.58. The van der Waals surface area contributed by atoms with E-state index < -0.39 is 0 Å². The van der Waals surface area contributed by atoms with Crippen LogP contribution in [0.4, 0.5) is 0 Å². The van der Waals surface area contributed by atoms with E-state index in [1.54, 1.807) is 0 Å². The van der Waals surface area contributed by atoms with Crippen LogP contribution in [0, 0.1) is 0 Å². The Morgan fingerprint density at radius 3 is 2.64 bits per heavy atom. The molecule has 0 aromatic heterocycles. The minimum atomic E-state index is 1.10. The van der Waals surface area contributed by atoms with Crippen LogP contribution >= 0.6 is 0 Å². The fraction of sp³-hybridized carbons (Fsp3) is 0.714. The minimum Gasteiger partial charge on any atom is -0.388 e. The zero-order chi connectivity index (χ0) is 7.94. The zero-order valence-corrected chi connectivity index (χ0v) is 6.58.